The molecule has 114 valence electrons. The highest BCUT2D eigenvalue weighted by atomic mass is 19.1. The van der Waals surface area contributed by atoms with Gasteiger partial charge in [-0.2, -0.15) is 0 Å². The van der Waals surface area contributed by atoms with Crippen LogP contribution in [0.3, 0.4) is 0 Å². The van der Waals surface area contributed by atoms with Gasteiger partial charge >= 0.3 is 0 Å². The first-order valence-electron chi connectivity index (χ1n) is 7.35. The second-order valence-electron chi connectivity index (χ2n) is 5.43. The van der Waals surface area contributed by atoms with Gasteiger partial charge in [-0.15, -0.1) is 0 Å². The van der Waals surface area contributed by atoms with Crippen molar-refractivity contribution in [1.82, 2.24) is 0 Å². The summed E-state index contributed by atoms with van der Waals surface area (Å²) in [7, 11) is 0. The van der Waals surface area contributed by atoms with E-state index >= 15 is 0 Å². The molecule has 0 radical (unpaired) electrons. The lowest BCUT2D eigenvalue weighted by Crippen LogP contribution is -2.18. The van der Waals surface area contributed by atoms with Crippen molar-refractivity contribution in [2.45, 2.75) is 12.8 Å². The number of hydrogen-bond donors (Lipinski definition) is 2. The van der Waals surface area contributed by atoms with Crippen molar-refractivity contribution in [1.29, 1.82) is 0 Å². The van der Waals surface area contributed by atoms with Crippen LogP contribution in [0.15, 0.2) is 42.5 Å². The molecule has 0 saturated carbocycles. The van der Waals surface area contributed by atoms with Crippen molar-refractivity contribution in [3.63, 3.8) is 0 Å². The van der Waals surface area contributed by atoms with Gasteiger partial charge in [0.25, 0.3) is 5.91 Å². The standard InChI is InChI=1S/C17H18FN3O/c18-12-3-8-16(19)15(11-12)17(22)20-13-4-6-14(7-5-13)21-9-1-2-10-21/h3-8,11H,1-2,9-10,19H2,(H,20,22). The van der Waals surface area contributed by atoms with Gasteiger partial charge in [0.15, 0.2) is 0 Å². The van der Waals surface area contributed by atoms with Crippen LogP contribution < -0.4 is 16.0 Å². The van der Waals surface area contributed by atoms with E-state index in [1.165, 1.54) is 25.0 Å². The van der Waals surface area contributed by atoms with Gasteiger partial charge in [0.2, 0.25) is 0 Å². The molecular formula is C17H18FN3O. The molecule has 1 aliphatic heterocycles. The molecule has 22 heavy (non-hydrogen) atoms. The fourth-order valence-electron chi connectivity index (χ4n) is 2.65. The molecule has 3 rings (SSSR count). The van der Waals surface area contributed by atoms with Crippen molar-refractivity contribution in [2.75, 3.05) is 29.0 Å². The van der Waals surface area contributed by atoms with Crippen LogP contribution in [-0.4, -0.2) is 19.0 Å². The van der Waals surface area contributed by atoms with Crippen molar-refractivity contribution >= 4 is 23.0 Å². The SMILES string of the molecule is Nc1ccc(F)cc1C(=O)Nc1ccc(N2CCCC2)cc1. The van der Waals surface area contributed by atoms with Crippen LogP contribution in [-0.2, 0) is 0 Å². The summed E-state index contributed by atoms with van der Waals surface area (Å²) in [5, 5.41) is 2.74. The van der Waals surface area contributed by atoms with Crippen molar-refractivity contribution in [2.24, 2.45) is 0 Å². The normalized spacial score (nSPS) is 14.1. The smallest absolute Gasteiger partial charge is 0.257 e. The quantitative estimate of drug-likeness (QED) is 0.855. The Bertz CT molecular complexity index is 679. The predicted octanol–water partition coefficient (Wildman–Crippen LogP) is 3.26. The average molecular weight is 299 g/mol. The number of nitrogen functional groups attached to an aromatic ring is 1. The van der Waals surface area contributed by atoms with Gasteiger partial charge in [-0.3, -0.25) is 4.79 Å². The van der Waals surface area contributed by atoms with Gasteiger partial charge in [-0.05, 0) is 55.3 Å². The number of amides is 1. The molecule has 0 atom stereocenters. The monoisotopic (exact) mass is 299 g/mol. The summed E-state index contributed by atoms with van der Waals surface area (Å²) in [5.74, 6) is -0.894. The van der Waals surface area contributed by atoms with Gasteiger partial charge in [-0.25, -0.2) is 4.39 Å². The number of benzene rings is 2. The second-order valence-corrected chi connectivity index (χ2v) is 5.43. The molecule has 4 nitrogen and oxygen atoms in total. The Labute approximate surface area is 128 Å². The van der Waals surface area contributed by atoms with Gasteiger partial charge in [0.05, 0.1) is 5.56 Å². The molecule has 2 aromatic rings. The minimum Gasteiger partial charge on any atom is -0.398 e. The summed E-state index contributed by atoms with van der Waals surface area (Å²) >= 11 is 0. The Kier molecular flexibility index (Phi) is 3.96. The van der Waals surface area contributed by atoms with E-state index in [0.29, 0.717) is 5.69 Å². The molecule has 0 spiro atoms. The Hall–Kier alpha value is -2.56. The minimum absolute atomic E-state index is 0.142. The molecule has 1 amide bonds. The average Bonchev–Trinajstić information content (AvgIpc) is 3.05. The maximum absolute atomic E-state index is 13.2. The minimum atomic E-state index is -0.483. The fraction of sp³-hybridized carbons (Fsp3) is 0.235. The molecule has 3 N–H and O–H groups in total. The number of anilines is 3. The lowest BCUT2D eigenvalue weighted by atomic mass is 10.1. The number of nitrogens with zero attached hydrogens (tertiary/aromatic N) is 1. The van der Waals surface area contributed by atoms with Crippen LogP contribution in [0.4, 0.5) is 21.5 Å². The van der Waals surface area contributed by atoms with Crippen LogP contribution in [0.2, 0.25) is 0 Å². The van der Waals surface area contributed by atoms with Crippen LogP contribution in [0.25, 0.3) is 0 Å². The number of halogens is 1. The van der Waals surface area contributed by atoms with E-state index in [2.05, 4.69) is 10.2 Å². The van der Waals surface area contributed by atoms with Crippen molar-refractivity contribution in [3.8, 4) is 0 Å². The maximum Gasteiger partial charge on any atom is 0.257 e. The van der Waals surface area contributed by atoms with E-state index in [9.17, 15) is 9.18 Å². The van der Waals surface area contributed by atoms with Gasteiger partial charge < -0.3 is 16.0 Å². The number of rotatable bonds is 3. The molecular weight excluding hydrogens is 281 g/mol. The molecule has 1 aliphatic rings. The molecule has 2 aromatic carbocycles. The van der Waals surface area contributed by atoms with E-state index in [0.717, 1.165) is 24.8 Å². The summed E-state index contributed by atoms with van der Waals surface area (Å²) in [6.07, 6.45) is 2.44. The van der Waals surface area contributed by atoms with Crippen LogP contribution >= 0.6 is 0 Å². The Morgan fingerprint density at radius 1 is 1.09 bits per heavy atom. The zero-order valence-electron chi connectivity index (χ0n) is 12.2. The zero-order chi connectivity index (χ0) is 15.5. The summed E-state index contributed by atoms with van der Waals surface area (Å²) < 4.78 is 13.2. The third-order valence-corrected chi connectivity index (χ3v) is 3.86. The number of hydrogen-bond acceptors (Lipinski definition) is 3. The van der Waals surface area contributed by atoms with E-state index in [1.807, 2.05) is 24.3 Å². The van der Waals surface area contributed by atoms with Gasteiger partial charge in [0, 0.05) is 30.2 Å². The number of carbonyl (C=O) groups is 1. The van der Waals surface area contributed by atoms with Gasteiger partial charge in [-0.1, -0.05) is 0 Å². The topological polar surface area (TPSA) is 58.4 Å². The molecule has 0 aromatic heterocycles. The van der Waals surface area contributed by atoms with E-state index < -0.39 is 11.7 Å². The highest BCUT2D eigenvalue weighted by Gasteiger charge is 2.13. The third-order valence-electron chi connectivity index (χ3n) is 3.86. The molecule has 0 unspecified atom stereocenters. The summed E-state index contributed by atoms with van der Waals surface area (Å²) in [6, 6.07) is 11.4. The summed E-state index contributed by atoms with van der Waals surface area (Å²) in [6.45, 7) is 2.15. The van der Waals surface area contributed by atoms with E-state index in [-0.39, 0.29) is 11.3 Å². The van der Waals surface area contributed by atoms with E-state index in [4.69, 9.17) is 5.73 Å². The summed E-state index contributed by atoms with van der Waals surface area (Å²) in [5.41, 5.74) is 7.93. The molecule has 1 fully saturated rings. The zero-order valence-corrected chi connectivity index (χ0v) is 12.2. The molecule has 0 aliphatic carbocycles. The maximum atomic E-state index is 13.2. The Morgan fingerprint density at radius 2 is 1.77 bits per heavy atom. The van der Waals surface area contributed by atoms with E-state index in [1.54, 1.807) is 0 Å². The predicted molar refractivity (Wildman–Crippen MR) is 86.7 cm³/mol. The fourth-order valence-corrected chi connectivity index (χ4v) is 2.65. The highest BCUT2D eigenvalue weighted by Crippen LogP contribution is 2.23. The lowest BCUT2D eigenvalue weighted by Gasteiger charge is -2.17. The Morgan fingerprint density at radius 3 is 2.45 bits per heavy atom. The van der Waals surface area contributed by atoms with Crippen molar-refractivity contribution < 1.29 is 9.18 Å². The van der Waals surface area contributed by atoms with Crippen molar-refractivity contribution in [3.05, 3.63) is 53.8 Å². The molecule has 5 heteroatoms. The third kappa shape index (κ3) is 3.03. The summed E-state index contributed by atoms with van der Waals surface area (Å²) in [4.78, 5) is 14.5. The van der Waals surface area contributed by atoms with Crippen LogP contribution in [0.1, 0.15) is 23.2 Å². The first kappa shape index (κ1) is 14.4. The van der Waals surface area contributed by atoms with Crippen LogP contribution in [0.5, 0.6) is 0 Å². The Balaban J connectivity index is 1.72. The molecule has 0 bridgehead atoms. The second kappa shape index (κ2) is 6.05. The lowest BCUT2D eigenvalue weighted by molar-refractivity contribution is 0.102. The van der Waals surface area contributed by atoms with Gasteiger partial charge in [0.1, 0.15) is 5.82 Å². The first-order chi connectivity index (χ1) is 10.6. The number of nitrogens with one attached hydrogen (secondary N) is 1. The first-order valence-corrected chi connectivity index (χ1v) is 7.35. The number of nitrogens with two attached hydrogens (primary N) is 1. The molecule has 1 saturated heterocycles. The number of carbonyl (C=O) groups excluding carboxylic acids is 1. The highest BCUT2D eigenvalue weighted by molar-refractivity contribution is 6.07. The van der Waals surface area contributed by atoms with Crippen LogP contribution in [0, 0.1) is 5.82 Å². The largest absolute Gasteiger partial charge is 0.398 e. The molecule has 1 heterocycles.